The molecule has 2 amide bonds. The van der Waals surface area contributed by atoms with Gasteiger partial charge in [0.05, 0.1) is 0 Å². The number of rotatable bonds is 2. The molecule has 1 heterocycles. The van der Waals surface area contributed by atoms with Gasteiger partial charge in [-0.3, -0.25) is 4.90 Å². The Kier molecular flexibility index (Phi) is 3.91. The first-order chi connectivity index (χ1) is 10.2. The monoisotopic (exact) mass is 280 g/mol. The van der Waals surface area contributed by atoms with Gasteiger partial charge in [0.25, 0.3) is 0 Å². The average molecular weight is 280 g/mol. The Morgan fingerprint density at radius 3 is 2.71 bits per heavy atom. The van der Waals surface area contributed by atoms with Gasteiger partial charge in [-0.1, -0.05) is 48.0 Å². The number of urea groups is 1. The molecule has 0 bridgehead atoms. The highest BCUT2D eigenvalue weighted by molar-refractivity contribution is 5.93. The second-order valence-electron chi connectivity index (χ2n) is 5.53. The van der Waals surface area contributed by atoms with Gasteiger partial charge in [-0.2, -0.15) is 0 Å². The van der Waals surface area contributed by atoms with Crippen LogP contribution in [0.25, 0.3) is 0 Å². The summed E-state index contributed by atoms with van der Waals surface area (Å²) in [5.41, 5.74) is 4.66. The van der Waals surface area contributed by atoms with E-state index >= 15 is 0 Å². The largest absolute Gasteiger partial charge is 0.334 e. The summed E-state index contributed by atoms with van der Waals surface area (Å²) in [6.45, 7) is 3.42. The average Bonchev–Trinajstić information content (AvgIpc) is 2.53. The fraction of sp³-hybridized carbons (Fsp3) is 0.278. The van der Waals surface area contributed by atoms with Gasteiger partial charge in [0.1, 0.15) is 0 Å². The number of nitrogens with one attached hydrogen (secondary N) is 1. The van der Waals surface area contributed by atoms with Gasteiger partial charge < -0.3 is 5.32 Å². The van der Waals surface area contributed by atoms with Crippen molar-refractivity contribution in [2.45, 2.75) is 26.3 Å². The number of hydrogen-bond donors (Lipinski definition) is 1. The number of aryl methyl sites for hydroxylation is 2. The molecule has 0 aliphatic carbocycles. The van der Waals surface area contributed by atoms with Gasteiger partial charge in [-0.05, 0) is 37.0 Å². The van der Waals surface area contributed by atoms with Crippen LogP contribution in [-0.2, 0) is 13.0 Å². The number of nitrogens with zero attached hydrogens (tertiary/aromatic N) is 1. The maximum absolute atomic E-state index is 12.4. The number of amides is 2. The molecule has 1 aliphatic heterocycles. The predicted octanol–water partition coefficient (Wildman–Crippen LogP) is 3.66. The topological polar surface area (TPSA) is 32.3 Å². The summed E-state index contributed by atoms with van der Waals surface area (Å²) in [6, 6.07) is 16.4. The summed E-state index contributed by atoms with van der Waals surface area (Å²) in [7, 11) is 0. The fourth-order valence-electron chi connectivity index (χ4n) is 2.72. The summed E-state index contributed by atoms with van der Waals surface area (Å²) in [4.78, 5) is 14.3. The third-order valence-corrected chi connectivity index (χ3v) is 3.92. The molecule has 108 valence electrons. The van der Waals surface area contributed by atoms with Crippen LogP contribution in [-0.4, -0.2) is 12.6 Å². The van der Waals surface area contributed by atoms with Crippen LogP contribution in [0.2, 0.25) is 0 Å². The lowest BCUT2D eigenvalue weighted by molar-refractivity contribution is 0.245. The Morgan fingerprint density at radius 1 is 1.14 bits per heavy atom. The Labute approximate surface area is 125 Å². The lowest BCUT2D eigenvalue weighted by Gasteiger charge is -2.29. The van der Waals surface area contributed by atoms with E-state index in [1.807, 2.05) is 23.1 Å². The molecule has 0 fully saturated rings. The van der Waals surface area contributed by atoms with E-state index in [1.165, 1.54) is 11.1 Å². The second kappa shape index (κ2) is 6.00. The molecule has 2 aromatic rings. The highest BCUT2D eigenvalue weighted by Crippen LogP contribution is 2.26. The molecular weight excluding hydrogens is 260 g/mol. The fourth-order valence-corrected chi connectivity index (χ4v) is 2.72. The van der Waals surface area contributed by atoms with Crippen molar-refractivity contribution >= 4 is 11.7 Å². The lowest BCUT2D eigenvalue weighted by Crippen LogP contribution is -2.42. The summed E-state index contributed by atoms with van der Waals surface area (Å²) >= 11 is 0. The van der Waals surface area contributed by atoms with E-state index in [2.05, 4.69) is 42.6 Å². The van der Waals surface area contributed by atoms with Crippen molar-refractivity contribution in [2.24, 2.45) is 0 Å². The first-order valence-corrected chi connectivity index (χ1v) is 7.43. The van der Waals surface area contributed by atoms with Crippen LogP contribution in [0.1, 0.15) is 23.1 Å². The molecule has 2 aromatic carbocycles. The molecule has 1 aliphatic rings. The maximum Gasteiger partial charge on any atom is 0.322 e. The van der Waals surface area contributed by atoms with Gasteiger partial charge >= 0.3 is 6.03 Å². The predicted molar refractivity (Wildman–Crippen MR) is 85.5 cm³/mol. The minimum absolute atomic E-state index is 0.0114. The van der Waals surface area contributed by atoms with Gasteiger partial charge in [-0.25, -0.2) is 4.79 Å². The van der Waals surface area contributed by atoms with E-state index in [0.717, 1.165) is 30.6 Å². The molecule has 3 rings (SSSR count). The van der Waals surface area contributed by atoms with Crippen molar-refractivity contribution < 1.29 is 4.79 Å². The minimum Gasteiger partial charge on any atom is -0.334 e. The normalized spacial score (nSPS) is 13.7. The number of benzene rings is 2. The SMILES string of the molecule is Cc1ccc(CNC(=O)N2CCCc3ccccc32)cc1. The van der Waals surface area contributed by atoms with Crippen LogP contribution in [0.3, 0.4) is 0 Å². The van der Waals surface area contributed by atoms with E-state index in [4.69, 9.17) is 0 Å². The number of fused-ring (bicyclic) bond motifs is 1. The molecule has 0 atom stereocenters. The Balaban J connectivity index is 1.68. The molecule has 1 N–H and O–H groups in total. The third kappa shape index (κ3) is 3.07. The molecule has 0 saturated heterocycles. The van der Waals surface area contributed by atoms with Crippen LogP contribution in [0, 0.1) is 6.92 Å². The molecule has 0 aromatic heterocycles. The lowest BCUT2D eigenvalue weighted by atomic mass is 10.0. The van der Waals surface area contributed by atoms with Crippen LogP contribution in [0.15, 0.2) is 48.5 Å². The molecule has 0 saturated carbocycles. The van der Waals surface area contributed by atoms with Crippen molar-refractivity contribution in [3.8, 4) is 0 Å². The second-order valence-corrected chi connectivity index (χ2v) is 5.53. The molecule has 3 heteroatoms. The zero-order chi connectivity index (χ0) is 14.7. The standard InChI is InChI=1S/C18H20N2O/c1-14-8-10-15(11-9-14)13-19-18(21)20-12-4-6-16-5-2-3-7-17(16)20/h2-3,5,7-11H,4,6,12-13H2,1H3,(H,19,21). The van der Waals surface area contributed by atoms with Crippen molar-refractivity contribution in [1.82, 2.24) is 5.32 Å². The van der Waals surface area contributed by atoms with Gasteiger partial charge in [-0.15, -0.1) is 0 Å². The van der Waals surface area contributed by atoms with Crippen molar-refractivity contribution in [1.29, 1.82) is 0 Å². The zero-order valence-corrected chi connectivity index (χ0v) is 12.3. The third-order valence-electron chi connectivity index (χ3n) is 3.92. The molecule has 3 nitrogen and oxygen atoms in total. The molecule has 0 radical (unpaired) electrons. The number of carbonyl (C=O) groups is 1. The first-order valence-electron chi connectivity index (χ1n) is 7.43. The number of hydrogen-bond acceptors (Lipinski definition) is 1. The molecule has 0 spiro atoms. The summed E-state index contributed by atoms with van der Waals surface area (Å²) in [5.74, 6) is 0. The first kappa shape index (κ1) is 13.7. The van der Waals surface area contributed by atoms with Crippen LogP contribution >= 0.6 is 0 Å². The zero-order valence-electron chi connectivity index (χ0n) is 12.3. The van der Waals surface area contributed by atoms with Gasteiger partial charge in [0.15, 0.2) is 0 Å². The van der Waals surface area contributed by atoms with Crippen molar-refractivity contribution in [3.05, 3.63) is 65.2 Å². The van der Waals surface area contributed by atoms with Crippen LogP contribution < -0.4 is 10.2 Å². The number of anilines is 1. The Morgan fingerprint density at radius 2 is 1.90 bits per heavy atom. The highest BCUT2D eigenvalue weighted by atomic mass is 16.2. The van der Waals surface area contributed by atoms with Crippen LogP contribution in [0.4, 0.5) is 10.5 Å². The van der Waals surface area contributed by atoms with E-state index in [1.54, 1.807) is 0 Å². The van der Waals surface area contributed by atoms with Crippen molar-refractivity contribution in [3.63, 3.8) is 0 Å². The molecule has 0 unspecified atom stereocenters. The van der Waals surface area contributed by atoms with Crippen molar-refractivity contribution in [2.75, 3.05) is 11.4 Å². The number of para-hydroxylation sites is 1. The summed E-state index contributed by atoms with van der Waals surface area (Å²) in [6.07, 6.45) is 2.08. The summed E-state index contributed by atoms with van der Waals surface area (Å²) < 4.78 is 0. The van der Waals surface area contributed by atoms with E-state index in [0.29, 0.717) is 6.54 Å². The number of carbonyl (C=O) groups excluding carboxylic acids is 1. The Bertz CT molecular complexity index is 634. The highest BCUT2D eigenvalue weighted by Gasteiger charge is 2.21. The van der Waals surface area contributed by atoms with E-state index in [-0.39, 0.29) is 6.03 Å². The van der Waals surface area contributed by atoms with Gasteiger partial charge in [0.2, 0.25) is 0 Å². The summed E-state index contributed by atoms with van der Waals surface area (Å²) in [5, 5.41) is 3.02. The quantitative estimate of drug-likeness (QED) is 0.894. The Hall–Kier alpha value is -2.29. The van der Waals surface area contributed by atoms with Crippen LogP contribution in [0.5, 0.6) is 0 Å². The molecular formula is C18H20N2O. The smallest absolute Gasteiger partial charge is 0.322 e. The molecule has 21 heavy (non-hydrogen) atoms. The van der Waals surface area contributed by atoms with Gasteiger partial charge in [0, 0.05) is 18.8 Å². The minimum atomic E-state index is -0.0114. The van der Waals surface area contributed by atoms with E-state index < -0.39 is 0 Å². The maximum atomic E-state index is 12.4. The van der Waals surface area contributed by atoms with E-state index in [9.17, 15) is 4.79 Å².